The average molecular weight is 324 g/mol. The van der Waals surface area contributed by atoms with E-state index in [0.29, 0.717) is 5.92 Å². The van der Waals surface area contributed by atoms with Crippen LogP contribution >= 0.6 is 0 Å². The molecule has 2 rings (SSSR count). The van der Waals surface area contributed by atoms with Gasteiger partial charge in [0.05, 0.1) is 11.2 Å². The van der Waals surface area contributed by atoms with Crippen LogP contribution in [0.5, 0.6) is 0 Å². The Kier molecular flexibility index (Phi) is 4.79. The van der Waals surface area contributed by atoms with Crippen molar-refractivity contribution in [1.29, 1.82) is 0 Å². The number of allylic oxidation sites excluding steroid dienone is 1. The molecule has 0 aromatic carbocycles. The average Bonchev–Trinajstić information content (AvgIpc) is 2.74. The number of carbonyl (C=O) groups is 2. The van der Waals surface area contributed by atoms with E-state index in [2.05, 4.69) is 6.58 Å². The molecule has 1 saturated heterocycles. The molecule has 3 atom stereocenters. The predicted octanol–water partition coefficient (Wildman–Crippen LogP) is 3.23. The van der Waals surface area contributed by atoms with Gasteiger partial charge in [-0.1, -0.05) is 27.4 Å². The van der Waals surface area contributed by atoms with Gasteiger partial charge in [-0.25, -0.2) is 4.79 Å². The maximum Gasteiger partial charge on any atom is 0.344 e. The predicted molar refractivity (Wildman–Crippen MR) is 85.4 cm³/mol. The van der Waals surface area contributed by atoms with Gasteiger partial charge in [0.15, 0.2) is 6.61 Å². The summed E-state index contributed by atoms with van der Waals surface area (Å²) in [5, 5.41) is 0. The van der Waals surface area contributed by atoms with E-state index in [1.807, 2.05) is 34.6 Å². The fourth-order valence-corrected chi connectivity index (χ4v) is 2.76. The summed E-state index contributed by atoms with van der Waals surface area (Å²) >= 11 is 0. The van der Waals surface area contributed by atoms with Crippen molar-refractivity contribution in [1.82, 2.24) is 0 Å². The summed E-state index contributed by atoms with van der Waals surface area (Å²) in [6.07, 6.45) is 2.17. The zero-order valence-corrected chi connectivity index (χ0v) is 14.8. The minimum Gasteiger partial charge on any atom is -0.491 e. The normalized spacial score (nSPS) is 27.3. The van der Waals surface area contributed by atoms with Crippen LogP contribution in [0.15, 0.2) is 12.3 Å². The first-order chi connectivity index (χ1) is 10.5. The number of carbonyl (C=O) groups excluding carboxylic acids is 2. The second kappa shape index (κ2) is 6.17. The van der Waals surface area contributed by atoms with Crippen LogP contribution in [0.3, 0.4) is 0 Å². The molecule has 1 saturated carbocycles. The largest absolute Gasteiger partial charge is 0.491 e. The lowest BCUT2D eigenvalue weighted by atomic mass is 9.69. The first kappa shape index (κ1) is 17.8. The Labute approximate surface area is 138 Å². The third-order valence-electron chi connectivity index (χ3n) is 5.48. The molecule has 1 heterocycles. The van der Waals surface area contributed by atoms with Crippen LogP contribution in [0, 0.1) is 16.7 Å². The highest BCUT2D eigenvalue weighted by Crippen LogP contribution is 2.41. The SMILES string of the molecule is C=C1OC2CC1CCC2OC(=O)COC(=O)C(C)(C)C(C)(C)C. The summed E-state index contributed by atoms with van der Waals surface area (Å²) in [5.41, 5.74) is -0.942. The zero-order chi connectivity index (χ0) is 17.4. The van der Waals surface area contributed by atoms with Gasteiger partial charge in [0.1, 0.15) is 12.2 Å². The molecule has 130 valence electrons. The van der Waals surface area contributed by atoms with Crippen molar-refractivity contribution in [2.45, 2.75) is 66.1 Å². The van der Waals surface area contributed by atoms with Gasteiger partial charge in [0.25, 0.3) is 0 Å². The molecule has 3 unspecified atom stereocenters. The van der Waals surface area contributed by atoms with Crippen molar-refractivity contribution in [3.05, 3.63) is 12.3 Å². The van der Waals surface area contributed by atoms with Crippen LogP contribution in [0.25, 0.3) is 0 Å². The first-order valence-electron chi connectivity index (χ1n) is 8.24. The van der Waals surface area contributed by atoms with E-state index in [4.69, 9.17) is 14.2 Å². The highest BCUT2D eigenvalue weighted by molar-refractivity contribution is 5.80. The maximum atomic E-state index is 12.2. The summed E-state index contributed by atoms with van der Waals surface area (Å²) in [6.45, 7) is 13.1. The van der Waals surface area contributed by atoms with Crippen molar-refractivity contribution >= 4 is 11.9 Å². The van der Waals surface area contributed by atoms with Gasteiger partial charge in [-0.15, -0.1) is 0 Å². The second-order valence-corrected chi connectivity index (χ2v) is 8.11. The molecule has 0 aromatic rings. The van der Waals surface area contributed by atoms with Crippen molar-refractivity contribution in [3.63, 3.8) is 0 Å². The first-order valence-corrected chi connectivity index (χ1v) is 8.24. The third kappa shape index (κ3) is 3.70. The van der Waals surface area contributed by atoms with Gasteiger partial charge < -0.3 is 14.2 Å². The minimum atomic E-state index is -0.683. The van der Waals surface area contributed by atoms with E-state index in [1.54, 1.807) is 0 Å². The Hall–Kier alpha value is -1.52. The minimum absolute atomic E-state index is 0.105. The molecule has 0 radical (unpaired) electrons. The van der Waals surface area contributed by atoms with Gasteiger partial charge in [-0.3, -0.25) is 4.79 Å². The number of ether oxygens (including phenoxy) is 3. The van der Waals surface area contributed by atoms with Crippen molar-refractivity contribution in [2.24, 2.45) is 16.7 Å². The number of rotatable bonds is 4. The molecule has 5 heteroatoms. The van der Waals surface area contributed by atoms with E-state index < -0.39 is 17.4 Å². The Morgan fingerprint density at radius 3 is 2.48 bits per heavy atom. The third-order valence-corrected chi connectivity index (χ3v) is 5.48. The van der Waals surface area contributed by atoms with Gasteiger partial charge in [0.2, 0.25) is 0 Å². The monoisotopic (exact) mass is 324 g/mol. The van der Waals surface area contributed by atoms with Crippen molar-refractivity contribution in [3.8, 4) is 0 Å². The van der Waals surface area contributed by atoms with E-state index in [1.165, 1.54) is 0 Å². The summed E-state index contributed by atoms with van der Waals surface area (Å²) < 4.78 is 16.2. The molecule has 5 nitrogen and oxygen atoms in total. The van der Waals surface area contributed by atoms with Crippen LogP contribution in [-0.4, -0.2) is 30.8 Å². The van der Waals surface area contributed by atoms with E-state index in [0.717, 1.165) is 25.0 Å². The fourth-order valence-electron chi connectivity index (χ4n) is 2.76. The van der Waals surface area contributed by atoms with Crippen LogP contribution in [0.1, 0.15) is 53.9 Å². The molecular weight excluding hydrogens is 296 g/mol. The van der Waals surface area contributed by atoms with Crippen LogP contribution in [-0.2, 0) is 23.8 Å². The molecule has 2 fully saturated rings. The number of esters is 2. The maximum absolute atomic E-state index is 12.2. The van der Waals surface area contributed by atoms with Gasteiger partial charge in [-0.2, -0.15) is 0 Å². The molecule has 2 bridgehead atoms. The summed E-state index contributed by atoms with van der Waals surface area (Å²) in [7, 11) is 0. The van der Waals surface area contributed by atoms with E-state index in [9.17, 15) is 9.59 Å². The van der Waals surface area contributed by atoms with Crippen molar-refractivity contribution in [2.75, 3.05) is 6.61 Å². The van der Waals surface area contributed by atoms with E-state index in [-0.39, 0.29) is 24.2 Å². The highest BCUT2D eigenvalue weighted by Gasteiger charge is 2.43. The van der Waals surface area contributed by atoms with E-state index >= 15 is 0 Å². The molecule has 0 spiro atoms. The lowest BCUT2D eigenvalue weighted by Gasteiger charge is -2.36. The standard InChI is InChI=1S/C18H28O5/c1-11-12-7-8-13(14(9-12)22-11)23-15(19)10-21-16(20)18(5,6)17(2,3)4/h12-14H,1,7-10H2,2-6H3. The summed E-state index contributed by atoms with van der Waals surface area (Å²) in [5.74, 6) is 0.274. The van der Waals surface area contributed by atoms with Crippen molar-refractivity contribution < 1.29 is 23.8 Å². The summed E-state index contributed by atoms with van der Waals surface area (Å²) in [4.78, 5) is 24.2. The Morgan fingerprint density at radius 2 is 1.87 bits per heavy atom. The Bertz CT molecular complexity index is 500. The van der Waals surface area contributed by atoms with Gasteiger partial charge in [-0.05, 0) is 38.5 Å². The molecular formula is C18H28O5. The molecule has 2 aliphatic rings. The molecule has 0 aromatic heterocycles. The lowest BCUT2D eigenvalue weighted by molar-refractivity contribution is -0.173. The second-order valence-electron chi connectivity index (χ2n) is 8.11. The number of hydrogen-bond donors (Lipinski definition) is 0. The van der Waals surface area contributed by atoms with Crippen LogP contribution in [0.2, 0.25) is 0 Å². The highest BCUT2D eigenvalue weighted by atomic mass is 16.6. The fraction of sp³-hybridized carbons (Fsp3) is 0.778. The lowest BCUT2D eigenvalue weighted by Crippen LogP contribution is -2.40. The Morgan fingerprint density at radius 1 is 1.22 bits per heavy atom. The smallest absolute Gasteiger partial charge is 0.344 e. The number of hydrogen-bond acceptors (Lipinski definition) is 5. The zero-order valence-electron chi connectivity index (χ0n) is 14.8. The quantitative estimate of drug-likeness (QED) is 0.743. The van der Waals surface area contributed by atoms with Crippen LogP contribution in [0.4, 0.5) is 0 Å². The summed E-state index contributed by atoms with van der Waals surface area (Å²) in [6, 6.07) is 0. The molecule has 1 aliphatic carbocycles. The van der Waals surface area contributed by atoms with Gasteiger partial charge >= 0.3 is 11.9 Å². The Balaban J connectivity index is 1.82. The molecule has 1 aliphatic heterocycles. The molecule has 23 heavy (non-hydrogen) atoms. The van der Waals surface area contributed by atoms with Gasteiger partial charge in [0, 0.05) is 5.92 Å². The molecule has 0 N–H and O–H groups in total. The van der Waals surface area contributed by atoms with Crippen LogP contribution < -0.4 is 0 Å². The molecule has 0 amide bonds. The number of fused-ring (bicyclic) bond motifs is 2. The topological polar surface area (TPSA) is 61.8 Å².